The minimum Gasteiger partial charge on any atom is -0.417 e. The van der Waals surface area contributed by atoms with Gasteiger partial charge in [0.2, 0.25) is 0 Å². The number of benzene rings is 1. The van der Waals surface area contributed by atoms with Crippen LogP contribution in [0.25, 0.3) is 0 Å². The lowest BCUT2D eigenvalue weighted by molar-refractivity contribution is 0.0290. The van der Waals surface area contributed by atoms with Gasteiger partial charge in [-0.1, -0.05) is 50.0 Å². The van der Waals surface area contributed by atoms with Gasteiger partial charge in [-0.15, -0.1) is 0 Å². The van der Waals surface area contributed by atoms with E-state index in [-0.39, 0.29) is 17.4 Å². The van der Waals surface area contributed by atoms with Gasteiger partial charge in [-0.2, -0.15) is 0 Å². The summed E-state index contributed by atoms with van der Waals surface area (Å²) in [5.41, 5.74) is 1.01. The standard InChI is InChI=1S/C17H27Cl2NO2Si/c1-17(2,3)23(4,5)21-9-8-13-11-20-16(22-13)12-6-7-14(18)15(19)10-12/h6-7,10,13,16,20H,8-9,11H2,1-5H3/t13-,16?/m1/s1. The molecule has 2 atom stereocenters. The summed E-state index contributed by atoms with van der Waals surface area (Å²) in [6.07, 6.45) is 0.944. The van der Waals surface area contributed by atoms with Crippen LogP contribution in [-0.4, -0.2) is 27.6 Å². The topological polar surface area (TPSA) is 30.5 Å². The van der Waals surface area contributed by atoms with E-state index in [4.69, 9.17) is 32.4 Å². The zero-order chi connectivity index (χ0) is 17.3. The lowest BCUT2D eigenvalue weighted by atomic mass is 10.2. The molecule has 6 heteroatoms. The van der Waals surface area contributed by atoms with Crippen molar-refractivity contribution in [2.24, 2.45) is 0 Å². The van der Waals surface area contributed by atoms with Crippen molar-refractivity contribution in [1.29, 1.82) is 0 Å². The van der Waals surface area contributed by atoms with Crippen molar-refractivity contribution in [1.82, 2.24) is 5.32 Å². The molecule has 1 aromatic carbocycles. The van der Waals surface area contributed by atoms with Crippen LogP contribution in [0, 0.1) is 0 Å². The molecule has 1 heterocycles. The minimum absolute atomic E-state index is 0.123. The van der Waals surface area contributed by atoms with E-state index in [0.717, 1.165) is 25.1 Å². The fourth-order valence-corrected chi connectivity index (χ4v) is 3.60. The van der Waals surface area contributed by atoms with E-state index in [9.17, 15) is 0 Å². The van der Waals surface area contributed by atoms with Crippen molar-refractivity contribution in [3.05, 3.63) is 33.8 Å². The Hall–Kier alpha value is -0.103. The number of ether oxygens (including phenoxy) is 1. The first-order valence-electron chi connectivity index (χ1n) is 8.08. The van der Waals surface area contributed by atoms with Gasteiger partial charge in [0.1, 0.15) is 6.23 Å². The largest absolute Gasteiger partial charge is 0.417 e. The van der Waals surface area contributed by atoms with E-state index in [2.05, 4.69) is 39.2 Å². The second-order valence-corrected chi connectivity index (χ2v) is 13.2. The average molecular weight is 376 g/mol. The van der Waals surface area contributed by atoms with Crippen LogP contribution in [0.1, 0.15) is 39.0 Å². The van der Waals surface area contributed by atoms with Crippen LogP contribution in [0.2, 0.25) is 28.2 Å². The Morgan fingerprint density at radius 1 is 1.26 bits per heavy atom. The van der Waals surface area contributed by atoms with Crippen molar-refractivity contribution in [3.8, 4) is 0 Å². The Balaban J connectivity index is 1.83. The lowest BCUT2D eigenvalue weighted by Gasteiger charge is -2.36. The molecule has 1 aliphatic heterocycles. The highest BCUT2D eigenvalue weighted by atomic mass is 35.5. The molecule has 1 saturated heterocycles. The Bertz CT molecular complexity index is 546. The van der Waals surface area contributed by atoms with E-state index < -0.39 is 8.32 Å². The van der Waals surface area contributed by atoms with Gasteiger partial charge in [0.15, 0.2) is 8.32 Å². The second-order valence-electron chi connectivity index (χ2n) is 7.62. The number of hydrogen-bond donors (Lipinski definition) is 1. The average Bonchev–Trinajstić information content (AvgIpc) is 2.89. The molecule has 1 N–H and O–H groups in total. The van der Waals surface area contributed by atoms with Crippen molar-refractivity contribution in [2.75, 3.05) is 13.2 Å². The third kappa shape index (κ3) is 4.94. The molecule has 1 aromatic rings. The first kappa shape index (κ1) is 19.2. The summed E-state index contributed by atoms with van der Waals surface area (Å²) in [7, 11) is -1.68. The van der Waals surface area contributed by atoms with Gasteiger partial charge in [-0.3, -0.25) is 5.32 Å². The number of nitrogens with one attached hydrogen (secondary N) is 1. The zero-order valence-electron chi connectivity index (χ0n) is 14.6. The van der Waals surface area contributed by atoms with Gasteiger partial charge in [-0.25, -0.2) is 0 Å². The minimum atomic E-state index is -1.68. The molecule has 0 spiro atoms. The van der Waals surface area contributed by atoms with Crippen LogP contribution < -0.4 is 5.32 Å². The molecule has 0 amide bonds. The first-order chi connectivity index (χ1) is 10.6. The van der Waals surface area contributed by atoms with Crippen LogP contribution in [0.4, 0.5) is 0 Å². The van der Waals surface area contributed by atoms with Gasteiger partial charge in [-0.05, 0) is 42.2 Å². The number of hydrogen-bond acceptors (Lipinski definition) is 3. The maximum Gasteiger partial charge on any atom is 0.191 e. The molecule has 23 heavy (non-hydrogen) atoms. The quantitative estimate of drug-likeness (QED) is 0.699. The predicted octanol–water partition coefficient (Wildman–Crippen LogP) is 5.39. The highest BCUT2D eigenvalue weighted by molar-refractivity contribution is 6.74. The van der Waals surface area contributed by atoms with Gasteiger partial charge >= 0.3 is 0 Å². The second kappa shape index (κ2) is 7.42. The fourth-order valence-electron chi connectivity index (χ4n) is 2.23. The molecule has 1 fully saturated rings. The van der Waals surface area contributed by atoms with Crippen LogP contribution in [0.5, 0.6) is 0 Å². The molecule has 130 valence electrons. The third-order valence-electron chi connectivity index (χ3n) is 4.81. The van der Waals surface area contributed by atoms with Crippen molar-refractivity contribution < 1.29 is 9.16 Å². The third-order valence-corrected chi connectivity index (χ3v) is 10.1. The Morgan fingerprint density at radius 3 is 2.57 bits per heavy atom. The predicted molar refractivity (Wildman–Crippen MR) is 99.8 cm³/mol. The molecule has 1 aliphatic rings. The maximum atomic E-state index is 6.22. The SMILES string of the molecule is CC(C)(C)[Si](C)(C)OCC[C@@H]1CNC(c2ccc(Cl)c(Cl)c2)O1. The van der Waals surface area contributed by atoms with E-state index in [1.807, 2.05) is 12.1 Å². The fraction of sp³-hybridized carbons (Fsp3) is 0.647. The molecule has 0 aliphatic carbocycles. The number of halogens is 2. The molecule has 1 unspecified atom stereocenters. The van der Waals surface area contributed by atoms with Crippen LogP contribution in [-0.2, 0) is 9.16 Å². The van der Waals surface area contributed by atoms with Crippen LogP contribution in [0.3, 0.4) is 0 Å². The summed E-state index contributed by atoms with van der Waals surface area (Å²) in [6.45, 7) is 12.9. The summed E-state index contributed by atoms with van der Waals surface area (Å²) in [5, 5.41) is 4.74. The summed E-state index contributed by atoms with van der Waals surface area (Å²) in [4.78, 5) is 0. The van der Waals surface area contributed by atoms with Gasteiger partial charge in [0.05, 0.1) is 16.1 Å². The van der Waals surface area contributed by atoms with Crippen molar-refractivity contribution in [2.45, 2.75) is 57.7 Å². The molecule has 3 nitrogen and oxygen atoms in total. The summed E-state index contributed by atoms with van der Waals surface area (Å²) >= 11 is 12.0. The monoisotopic (exact) mass is 375 g/mol. The number of rotatable bonds is 5. The highest BCUT2D eigenvalue weighted by Crippen LogP contribution is 2.37. The van der Waals surface area contributed by atoms with Crippen molar-refractivity contribution in [3.63, 3.8) is 0 Å². The Kier molecular flexibility index (Phi) is 6.20. The first-order valence-corrected chi connectivity index (χ1v) is 11.7. The van der Waals surface area contributed by atoms with Crippen LogP contribution in [0.15, 0.2) is 18.2 Å². The molecular weight excluding hydrogens is 349 g/mol. The van der Waals surface area contributed by atoms with Gasteiger partial charge in [0.25, 0.3) is 0 Å². The molecule has 0 aromatic heterocycles. The Labute approximate surface area is 150 Å². The molecule has 0 saturated carbocycles. The summed E-state index contributed by atoms with van der Waals surface area (Å²) in [5.74, 6) is 0. The van der Waals surface area contributed by atoms with E-state index in [1.165, 1.54) is 0 Å². The van der Waals surface area contributed by atoms with E-state index in [0.29, 0.717) is 10.0 Å². The van der Waals surface area contributed by atoms with E-state index >= 15 is 0 Å². The molecular formula is C17H27Cl2NO2Si. The smallest absolute Gasteiger partial charge is 0.191 e. The Morgan fingerprint density at radius 2 is 1.96 bits per heavy atom. The summed E-state index contributed by atoms with van der Waals surface area (Å²) < 4.78 is 12.3. The molecule has 2 rings (SSSR count). The lowest BCUT2D eigenvalue weighted by Crippen LogP contribution is -2.41. The highest BCUT2D eigenvalue weighted by Gasteiger charge is 2.37. The van der Waals surface area contributed by atoms with E-state index in [1.54, 1.807) is 6.07 Å². The normalized spacial score (nSPS) is 22.6. The molecule has 0 radical (unpaired) electrons. The van der Waals surface area contributed by atoms with Crippen LogP contribution >= 0.6 is 23.2 Å². The van der Waals surface area contributed by atoms with Gasteiger partial charge < -0.3 is 9.16 Å². The zero-order valence-corrected chi connectivity index (χ0v) is 17.1. The maximum absolute atomic E-state index is 6.22. The van der Waals surface area contributed by atoms with Crippen molar-refractivity contribution >= 4 is 31.5 Å². The summed E-state index contributed by atoms with van der Waals surface area (Å²) in [6, 6.07) is 5.61. The van der Waals surface area contributed by atoms with Gasteiger partial charge in [0, 0.05) is 13.2 Å². The molecule has 0 bridgehead atoms.